The first-order valence-electron chi connectivity index (χ1n) is 9.88. The molecule has 0 unspecified atom stereocenters. The molecule has 29 heavy (non-hydrogen) atoms. The summed E-state index contributed by atoms with van der Waals surface area (Å²) in [6.07, 6.45) is 6.01. The van der Waals surface area contributed by atoms with Crippen LogP contribution in [0.3, 0.4) is 0 Å². The Labute approximate surface area is 169 Å². The van der Waals surface area contributed by atoms with Crippen LogP contribution in [-0.2, 0) is 4.74 Å². The number of hydrogen-bond acceptors (Lipinski definition) is 6. The molecule has 2 N–H and O–H groups in total. The van der Waals surface area contributed by atoms with Gasteiger partial charge in [-0.25, -0.2) is 10.4 Å². The zero-order chi connectivity index (χ0) is 20.1. The number of allylic oxidation sites excluding steroid dienone is 2. The van der Waals surface area contributed by atoms with Crippen LogP contribution in [0, 0.1) is 6.92 Å². The molecule has 1 aromatic carbocycles. The minimum atomic E-state index is -0.197. The van der Waals surface area contributed by atoms with Crippen molar-refractivity contribution in [1.29, 1.82) is 0 Å². The van der Waals surface area contributed by atoms with Crippen molar-refractivity contribution in [2.45, 2.75) is 19.8 Å². The molecule has 1 saturated heterocycles. The van der Waals surface area contributed by atoms with Crippen LogP contribution in [0.2, 0.25) is 0 Å². The van der Waals surface area contributed by atoms with E-state index < -0.39 is 0 Å². The second-order valence-electron chi connectivity index (χ2n) is 7.16. The number of aryl methyl sites for hydroxylation is 1. The first-order valence-corrected chi connectivity index (χ1v) is 9.88. The number of nitrogens with zero attached hydrogens (tertiary/aromatic N) is 3. The Hall–Kier alpha value is -3.19. The molecule has 7 heteroatoms. The predicted molar refractivity (Wildman–Crippen MR) is 115 cm³/mol. The molecule has 7 nitrogen and oxygen atoms in total. The fraction of sp³-hybridized carbons (Fsp3) is 0.318. The lowest BCUT2D eigenvalue weighted by Gasteiger charge is -2.31. The first kappa shape index (κ1) is 19.1. The van der Waals surface area contributed by atoms with Crippen LogP contribution in [0.4, 0.5) is 5.95 Å². The van der Waals surface area contributed by atoms with Gasteiger partial charge in [0.05, 0.1) is 19.4 Å². The molecular formula is C22H25N5O2. The number of aromatic amines is 1. The number of benzene rings is 1. The minimum absolute atomic E-state index is 0.197. The van der Waals surface area contributed by atoms with Crippen molar-refractivity contribution in [3.05, 3.63) is 74.9 Å². The third kappa shape index (κ3) is 4.81. The van der Waals surface area contributed by atoms with Gasteiger partial charge in [-0.1, -0.05) is 30.3 Å². The van der Waals surface area contributed by atoms with E-state index in [0.717, 1.165) is 39.1 Å². The van der Waals surface area contributed by atoms with Gasteiger partial charge in [0.25, 0.3) is 5.56 Å². The number of morpholine rings is 1. The Bertz CT molecular complexity index is 1000. The molecule has 1 aliphatic heterocycles. The van der Waals surface area contributed by atoms with Crippen molar-refractivity contribution in [1.82, 2.24) is 14.9 Å². The molecule has 0 spiro atoms. The van der Waals surface area contributed by atoms with Crippen molar-refractivity contribution < 1.29 is 4.74 Å². The lowest BCUT2D eigenvalue weighted by Crippen LogP contribution is -2.36. The Kier molecular flexibility index (Phi) is 5.86. The van der Waals surface area contributed by atoms with E-state index in [2.05, 4.69) is 55.7 Å². The summed E-state index contributed by atoms with van der Waals surface area (Å²) in [5.74, 6) is 0.345. The monoisotopic (exact) mass is 391 g/mol. The molecule has 0 bridgehead atoms. The average molecular weight is 391 g/mol. The molecule has 1 aliphatic carbocycles. The van der Waals surface area contributed by atoms with Crippen molar-refractivity contribution in [3.8, 4) is 0 Å². The smallest absolute Gasteiger partial charge is 0.252 e. The molecule has 4 rings (SSSR count). The zero-order valence-corrected chi connectivity index (χ0v) is 16.5. The summed E-state index contributed by atoms with van der Waals surface area (Å²) in [6, 6.07) is 11.8. The van der Waals surface area contributed by atoms with Gasteiger partial charge < -0.3 is 9.64 Å². The van der Waals surface area contributed by atoms with E-state index in [0.29, 0.717) is 11.6 Å². The van der Waals surface area contributed by atoms with Crippen molar-refractivity contribution in [2.24, 2.45) is 5.10 Å². The van der Waals surface area contributed by atoms with Crippen LogP contribution in [0.25, 0.3) is 6.08 Å². The maximum Gasteiger partial charge on any atom is 0.252 e. The highest BCUT2D eigenvalue weighted by Gasteiger charge is 2.25. The third-order valence-corrected chi connectivity index (χ3v) is 5.00. The van der Waals surface area contributed by atoms with Gasteiger partial charge >= 0.3 is 0 Å². The molecule has 2 aliphatic rings. The highest BCUT2D eigenvalue weighted by molar-refractivity contribution is 5.84. The first-order chi connectivity index (χ1) is 14.2. The second-order valence-corrected chi connectivity index (χ2v) is 7.16. The number of nitrogens with one attached hydrogen (secondary N) is 2. The van der Waals surface area contributed by atoms with Gasteiger partial charge in [0.2, 0.25) is 5.95 Å². The van der Waals surface area contributed by atoms with Gasteiger partial charge in [-0.3, -0.25) is 9.78 Å². The molecule has 2 aromatic rings. The molecule has 0 atom stereocenters. The van der Waals surface area contributed by atoms with Gasteiger partial charge in [-0.05, 0) is 42.6 Å². The fourth-order valence-electron chi connectivity index (χ4n) is 3.73. The summed E-state index contributed by atoms with van der Waals surface area (Å²) >= 11 is 0. The third-order valence-electron chi connectivity index (χ3n) is 5.00. The molecule has 0 radical (unpaired) electrons. The van der Waals surface area contributed by atoms with Crippen molar-refractivity contribution >= 4 is 18.2 Å². The van der Waals surface area contributed by atoms with Crippen LogP contribution < -0.4 is 11.0 Å². The number of rotatable bonds is 5. The van der Waals surface area contributed by atoms with Crippen LogP contribution >= 0.6 is 0 Å². The molecule has 0 amide bonds. The highest BCUT2D eigenvalue weighted by atomic mass is 16.5. The van der Waals surface area contributed by atoms with Crippen molar-refractivity contribution in [2.75, 3.05) is 31.7 Å². The standard InChI is InChI=1S/C22H25N5O2/c1-16-13-20(28)25-22(24-16)26-23-15-19-8-7-18(14-17-5-3-2-4-6-17)21(19)27-9-11-29-12-10-27/h2-6,13-15H,7-12H2,1H3,(H2,24,25,26,28)/b18-14-,23-15+. The van der Waals surface area contributed by atoms with Crippen LogP contribution in [0.1, 0.15) is 24.1 Å². The second kappa shape index (κ2) is 8.87. The highest BCUT2D eigenvalue weighted by Crippen LogP contribution is 2.34. The normalized spacial score (nSPS) is 18.8. The van der Waals surface area contributed by atoms with E-state index in [1.807, 2.05) is 12.3 Å². The van der Waals surface area contributed by atoms with Gasteiger partial charge in [0.15, 0.2) is 0 Å². The maximum atomic E-state index is 11.6. The topological polar surface area (TPSA) is 82.6 Å². The van der Waals surface area contributed by atoms with E-state index in [1.165, 1.54) is 28.5 Å². The fourth-order valence-corrected chi connectivity index (χ4v) is 3.73. The van der Waals surface area contributed by atoms with Gasteiger partial charge in [-0.15, -0.1) is 0 Å². The Morgan fingerprint density at radius 3 is 2.76 bits per heavy atom. The van der Waals surface area contributed by atoms with Gasteiger partial charge in [-0.2, -0.15) is 5.10 Å². The largest absolute Gasteiger partial charge is 0.378 e. The zero-order valence-electron chi connectivity index (χ0n) is 16.5. The number of aromatic nitrogens is 2. The maximum absolute atomic E-state index is 11.6. The summed E-state index contributed by atoms with van der Waals surface area (Å²) in [5, 5.41) is 4.34. The number of hydrogen-bond donors (Lipinski definition) is 2. The summed E-state index contributed by atoms with van der Waals surface area (Å²) in [6.45, 7) is 5.00. The Morgan fingerprint density at radius 2 is 2.00 bits per heavy atom. The van der Waals surface area contributed by atoms with Crippen LogP contribution in [0.5, 0.6) is 0 Å². The number of hydrazone groups is 1. The molecule has 1 fully saturated rings. The molecular weight excluding hydrogens is 366 g/mol. The minimum Gasteiger partial charge on any atom is -0.378 e. The van der Waals surface area contributed by atoms with Crippen molar-refractivity contribution in [3.63, 3.8) is 0 Å². The predicted octanol–water partition coefficient (Wildman–Crippen LogP) is 2.94. The van der Waals surface area contributed by atoms with E-state index >= 15 is 0 Å². The molecule has 1 aromatic heterocycles. The van der Waals surface area contributed by atoms with Gasteiger partial charge in [0.1, 0.15) is 0 Å². The lowest BCUT2D eigenvalue weighted by atomic mass is 10.1. The quantitative estimate of drug-likeness (QED) is 0.605. The summed E-state index contributed by atoms with van der Waals surface area (Å²) in [5.41, 5.74) is 8.24. The van der Waals surface area contributed by atoms with E-state index in [-0.39, 0.29) is 5.56 Å². The number of H-pyrrole nitrogens is 1. The Balaban J connectivity index is 1.61. The molecule has 150 valence electrons. The molecule has 0 saturated carbocycles. The summed E-state index contributed by atoms with van der Waals surface area (Å²) < 4.78 is 5.54. The number of anilines is 1. The van der Waals surface area contributed by atoms with E-state index in [9.17, 15) is 4.79 Å². The van der Waals surface area contributed by atoms with Crippen LogP contribution in [0.15, 0.2) is 63.1 Å². The summed E-state index contributed by atoms with van der Waals surface area (Å²) in [7, 11) is 0. The average Bonchev–Trinajstić information content (AvgIpc) is 3.11. The van der Waals surface area contributed by atoms with Gasteiger partial charge in [0, 0.05) is 30.5 Å². The van der Waals surface area contributed by atoms with Crippen LogP contribution in [-0.4, -0.2) is 47.4 Å². The lowest BCUT2D eigenvalue weighted by molar-refractivity contribution is 0.0548. The van der Waals surface area contributed by atoms with E-state index in [1.54, 1.807) is 6.92 Å². The SMILES string of the molecule is Cc1cc(=O)[nH]c(N/N=C/C2=C(N3CCOCC3)C(=C\c3ccccc3)/CC2)n1. The Morgan fingerprint density at radius 1 is 1.21 bits per heavy atom. The van der Waals surface area contributed by atoms with E-state index in [4.69, 9.17) is 4.74 Å². The molecule has 2 heterocycles. The number of ether oxygens (including phenoxy) is 1. The summed E-state index contributed by atoms with van der Waals surface area (Å²) in [4.78, 5) is 20.9.